The van der Waals surface area contributed by atoms with Crippen molar-refractivity contribution in [1.82, 2.24) is 10.3 Å². The molecule has 1 aromatic heterocycles. The summed E-state index contributed by atoms with van der Waals surface area (Å²) in [4.78, 5) is 15.0. The van der Waals surface area contributed by atoms with E-state index in [1.54, 1.807) is 6.92 Å². The van der Waals surface area contributed by atoms with Crippen LogP contribution in [-0.4, -0.2) is 24.2 Å². The topological polar surface area (TPSA) is 51.2 Å². The van der Waals surface area contributed by atoms with Gasteiger partial charge in [-0.15, -0.1) is 0 Å². The number of ether oxygens (including phenoxy) is 1. The monoisotopic (exact) mass is 262 g/mol. The molecule has 1 N–H and O–H groups in total. The molecule has 1 heterocycles. The summed E-state index contributed by atoms with van der Waals surface area (Å²) in [5.41, 5.74) is -0.997. The first-order valence-corrected chi connectivity index (χ1v) is 5.29. The van der Waals surface area contributed by atoms with Crippen LogP contribution in [-0.2, 0) is 22.1 Å². The predicted octanol–water partition coefficient (Wildman–Crippen LogP) is 1.75. The van der Waals surface area contributed by atoms with Crippen molar-refractivity contribution in [2.75, 3.05) is 13.3 Å². The van der Waals surface area contributed by atoms with Gasteiger partial charge in [-0.25, -0.2) is 0 Å². The zero-order valence-electron chi connectivity index (χ0n) is 9.75. The van der Waals surface area contributed by atoms with E-state index in [2.05, 4.69) is 10.3 Å². The first kappa shape index (κ1) is 14.4. The van der Waals surface area contributed by atoms with Gasteiger partial charge >= 0.3 is 6.18 Å². The molecule has 0 aromatic carbocycles. The summed E-state index contributed by atoms with van der Waals surface area (Å²) in [6.45, 7) is 2.15. The predicted molar refractivity (Wildman–Crippen MR) is 57.6 cm³/mol. The Morgan fingerprint density at radius 2 is 2.22 bits per heavy atom. The molecule has 4 nitrogen and oxygen atoms in total. The number of carbonyl (C=O) groups is 1. The molecule has 1 rings (SSSR count). The molecule has 18 heavy (non-hydrogen) atoms. The van der Waals surface area contributed by atoms with Crippen molar-refractivity contribution in [3.05, 3.63) is 29.6 Å². The molecule has 0 unspecified atom stereocenters. The summed E-state index contributed by atoms with van der Waals surface area (Å²) >= 11 is 0. The molecule has 0 saturated carbocycles. The first-order valence-electron chi connectivity index (χ1n) is 5.29. The van der Waals surface area contributed by atoms with Crippen molar-refractivity contribution in [2.24, 2.45) is 0 Å². The Balaban J connectivity index is 2.70. The Labute approximate surface area is 102 Å². The lowest BCUT2D eigenvalue weighted by molar-refractivity contribution is -0.138. The zero-order chi connectivity index (χ0) is 13.6. The van der Waals surface area contributed by atoms with Gasteiger partial charge in [0.15, 0.2) is 0 Å². The average molecular weight is 262 g/mol. The van der Waals surface area contributed by atoms with E-state index >= 15 is 0 Å². The van der Waals surface area contributed by atoms with E-state index in [9.17, 15) is 18.0 Å². The van der Waals surface area contributed by atoms with Crippen molar-refractivity contribution in [3.63, 3.8) is 0 Å². The number of rotatable bonds is 5. The zero-order valence-corrected chi connectivity index (χ0v) is 9.75. The lowest BCUT2D eigenvalue weighted by Crippen LogP contribution is -2.28. The van der Waals surface area contributed by atoms with Gasteiger partial charge in [0.25, 0.3) is 0 Å². The van der Waals surface area contributed by atoms with Gasteiger partial charge in [0, 0.05) is 19.0 Å². The van der Waals surface area contributed by atoms with Gasteiger partial charge in [0.1, 0.15) is 6.73 Å². The number of pyridine rings is 1. The molecule has 0 aliphatic heterocycles. The summed E-state index contributed by atoms with van der Waals surface area (Å²) in [6, 6.07) is 0.852. The lowest BCUT2D eigenvalue weighted by atomic mass is 10.1. The van der Waals surface area contributed by atoms with Crippen LogP contribution >= 0.6 is 0 Å². The molecular weight excluding hydrogens is 249 g/mol. The molecular formula is C11H13F3N2O2. The van der Waals surface area contributed by atoms with Crippen LogP contribution in [0, 0.1) is 0 Å². The summed E-state index contributed by atoms with van der Waals surface area (Å²) < 4.78 is 42.7. The van der Waals surface area contributed by atoms with Crippen molar-refractivity contribution in [1.29, 1.82) is 0 Å². The highest BCUT2D eigenvalue weighted by Gasteiger charge is 2.33. The first-order chi connectivity index (χ1) is 8.45. The van der Waals surface area contributed by atoms with E-state index in [4.69, 9.17) is 4.74 Å². The fourth-order valence-electron chi connectivity index (χ4n) is 1.31. The van der Waals surface area contributed by atoms with Gasteiger partial charge < -0.3 is 10.1 Å². The van der Waals surface area contributed by atoms with Crippen LogP contribution in [0.15, 0.2) is 18.5 Å². The lowest BCUT2D eigenvalue weighted by Gasteiger charge is -2.11. The normalized spacial score (nSPS) is 11.3. The minimum Gasteiger partial charge on any atom is -0.362 e. The molecule has 0 radical (unpaired) electrons. The maximum absolute atomic E-state index is 12.6. The Morgan fingerprint density at radius 3 is 2.83 bits per heavy atom. The maximum atomic E-state index is 12.6. The number of nitrogens with one attached hydrogen (secondary N) is 1. The van der Waals surface area contributed by atoms with Crippen LogP contribution in [0.1, 0.15) is 18.1 Å². The molecule has 100 valence electrons. The second kappa shape index (κ2) is 6.34. The Morgan fingerprint density at radius 1 is 1.50 bits per heavy atom. The molecule has 0 aliphatic rings. The van der Waals surface area contributed by atoms with Crippen LogP contribution in [0.25, 0.3) is 0 Å². The number of halogens is 3. The third-order valence-electron chi connectivity index (χ3n) is 2.14. The highest BCUT2D eigenvalue weighted by atomic mass is 19.4. The SMILES string of the molecule is CCOCNC(=O)Cc1cnccc1C(F)(F)F. The second-order valence-corrected chi connectivity index (χ2v) is 3.44. The van der Waals surface area contributed by atoms with E-state index in [1.165, 1.54) is 0 Å². The van der Waals surface area contributed by atoms with E-state index in [1.807, 2.05) is 0 Å². The third kappa shape index (κ3) is 4.33. The number of amides is 1. The third-order valence-corrected chi connectivity index (χ3v) is 2.14. The number of hydrogen-bond acceptors (Lipinski definition) is 3. The van der Waals surface area contributed by atoms with Crippen LogP contribution in [0.2, 0.25) is 0 Å². The summed E-state index contributed by atoms with van der Waals surface area (Å²) in [5, 5.41) is 2.35. The highest BCUT2D eigenvalue weighted by Crippen LogP contribution is 2.31. The fraction of sp³-hybridized carbons (Fsp3) is 0.455. The molecule has 0 atom stereocenters. The van der Waals surface area contributed by atoms with E-state index in [-0.39, 0.29) is 18.7 Å². The van der Waals surface area contributed by atoms with Gasteiger partial charge in [-0.1, -0.05) is 0 Å². The molecule has 0 bridgehead atoms. The van der Waals surface area contributed by atoms with Gasteiger partial charge in [-0.05, 0) is 18.6 Å². The van der Waals surface area contributed by atoms with Gasteiger partial charge in [-0.3, -0.25) is 9.78 Å². The van der Waals surface area contributed by atoms with Crippen molar-refractivity contribution >= 4 is 5.91 Å². The number of carbonyl (C=O) groups excluding carboxylic acids is 1. The second-order valence-electron chi connectivity index (χ2n) is 3.44. The Bertz CT molecular complexity index is 408. The molecule has 0 fully saturated rings. The summed E-state index contributed by atoms with van der Waals surface area (Å²) in [6.07, 6.45) is -2.78. The molecule has 1 amide bonds. The van der Waals surface area contributed by atoms with E-state index in [0.29, 0.717) is 6.61 Å². The largest absolute Gasteiger partial charge is 0.416 e. The summed E-state index contributed by atoms with van der Waals surface area (Å²) in [5.74, 6) is -0.540. The highest BCUT2D eigenvalue weighted by molar-refractivity contribution is 5.78. The minimum absolute atomic E-state index is 0.0169. The van der Waals surface area contributed by atoms with Gasteiger partial charge in [0.05, 0.1) is 12.0 Å². The van der Waals surface area contributed by atoms with Gasteiger partial charge in [-0.2, -0.15) is 13.2 Å². The van der Waals surface area contributed by atoms with Gasteiger partial charge in [0.2, 0.25) is 5.91 Å². The number of aromatic nitrogens is 1. The Kier molecular flexibility index (Phi) is 5.08. The van der Waals surface area contributed by atoms with Crippen molar-refractivity contribution in [3.8, 4) is 0 Å². The minimum atomic E-state index is -4.49. The van der Waals surface area contributed by atoms with Crippen LogP contribution in [0.4, 0.5) is 13.2 Å². The fourth-order valence-corrected chi connectivity index (χ4v) is 1.31. The molecule has 1 aromatic rings. The smallest absolute Gasteiger partial charge is 0.362 e. The quantitative estimate of drug-likeness (QED) is 0.649. The van der Waals surface area contributed by atoms with Crippen LogP contribution in [0.5, 0.6) is 0 Å². The number of alkyl halides is 3. The van der Waals surface area contributed by atoms with Crippen LogP contribution in [0.3, 0.4) is 0 Å². The maximum Gasteiger partial charge on any atom is 0.416 e. The standard InChI is InChI=1S/C11H13F3N2O2/c1-2-18-7-16-10(17)5-8-6-15-4-3-9(8)11(12,13)14/h3-4,6H,2,5,7H2,1H3,(H,16,17). The molecule has 0 aliphatic carbocycles. The summed E-state index contributed by atoms with van der Waals surface area (Å²) in [7, 11) is 0. The molecule has 7 heteroatoms. The van der Waals surface area contributed by atoms with Crippen LogP contribution < -0.4 is 5.32 Å². The van der Waals surface area contributed by atoms with E-state index in [0.717, 1.165) is 18.5 Å². The number of nitrogens with zero attached hydrogens (tertiary/aromatic N) is 1. The molecule has 0 spiro atoms. The Hall–Kier alpha value is -1.63. The molecule has 0 saturated heterocycles. The average Bonchev–Trinajstić information content (AvgIpc) is 2.28. The van der Waals surface area contributed by atoms with E-state index < -0.39 is 17.6 Å². The number of hydrogen-bond donors (Lipinski definition) is 1. The van der Waals surface area contributed by atoms with Crippen molar-refractivity contribution in [2.45, 2.75) is 19.5 Å². The van der Waals surface area contributed by atoms with Crippen molar-refractivity contribution < 1.29 is 22.7 Å².